The lowest BCUT2D eigenvalue weighted by molar-refractivity contribution is 1.38. The van der Waals surface area contributed by atoms with Gasteiger partial charge in [-0.1, -0.05) is 35.1 Å². The van der Waals surface area contributed by atoms with Crippen molar-refractivity contribution < 1.29 is 0 Å². The van der Waals surface area contributed by atoms with Crippen LogP contribution in [0.4, 0.5) is 0 Å². The van der Waals surface area contributed by atoms with Gasteiger partial charge in [0.15, 0.2) is 0 Å². The van der Waals surface area contributed by atoms with Crippen LogP contribution in [0.3, 0.4) is 0 Å². The number of thiol groups is 1. The van der Waals surface area contributed by atoms with E-state index in [2.05, 4.69) is 30.5 Å². The van der Waals surface area contributed by atoms with Gasteiger partial charge in [-0.25, -0.2) is 0 Å². The first-order valence-corrected chi connectivity index (χ1v) is 7.05. The molecule has 2 aromatic rings. The Morgan fingerprint density at radius 1 is 1.20 bits per heavy atom. The SMILES string of the molecule is Cc1ccsc1[SH+]Cc1ccc(Cl)cc1. The van der Waals surface area contributed by atoms with Crippen LogP contribution in [0.2, 0.25) is 5.02 Å². The minimum Gasteiger partial charge on any atom is -0.0943 e. The molecule has 0 amide bonds. The first-order valence-electron chi connectivity index (χ1n) is 4.72. The molecule has 0 bridgehead atoms. The van der Waals surface area contributed by atoms with E-state index in [9.17, 15) is 0 Å². The fourth-order valence-electron chi connectivity index (χ4n) is 1.28. The van der Waals surface area contributed by atoms with E-state index in [0.717, 1.165) is 10.8 Å². The molecule has 78 valence electrons. The van der Waals surface area contributed by atoms with Crippen molar-refractivity contribution in [3.05, 3.63) is 51.9 Å². The second kappa shape index (κ2) is 5.06. The third-order valence-electron chi connectivity index (χ3n) is 2.15. The first kappa shape index (κ1) is 11.1. The molecule has 0 radical (unpaired) electrons. The second-order valence-electron chi connectivity index (χ2n) is 3.35. The summed E-state index contributed by atoms with van der Waals surface area (Å²) in [5.74, 6) is 1.07. The molecule has 2 rings (SSSR count). The monoisotopic (exact) mass is 255 g/mol. The number of hydrogen-bond acceptors (Lipinski definition) is 1. The Bertz CT molecular complexity index is 431. The van der Waals surface area contributed by atoms with Crippen LogP contribution in [0.5, 0.6) is 0 Å². The molecule has 0 atom stereocenters. The topological polar surface area (TPSA) is 0 Å². The van der Waals surface area contributed by atoms with Crippen molar-refractivity contribution >= 4 is 34.7 Å². The smallest absolute Gasteiger partial charge is 0.0943 e. The predicted octanol–water partition coefficient (Wildman–Crippen LogP) is 4.08. The third kappa shape index (κ3) is 3.00. The molecule has 1 heterocycles. The van der Waals surface area contributed by atoms with Crippen molar-refractivity contribution in [1.82, 2.24) is 0 Å². The summed E-state index contributed by atoms with van der Waals surface area (Å²) in [4.78, 5) is 0. The van der Waals surface area contributed by atoms with E-state index in [-0.39, 0.29) is 0 Å². The molecule has 15 heavy (non-hydrogen) atoms. The lowest BCUT2D eigenvalue weighted by Gasteiger charge is -1.94. The van der Waals surface area contributed by atoms with Crippen molar-refractivity contribution in [3.63, 3.8) is 0 Å². The molecule has 0 saturated heterocycles. The summed E-state index contributed by atoms with van der Waals surface area (Å²) in [6.07, 6.45) is 0. The van der Waals surface area contributed by atoms with Gasteiger partial charge in [-0.05, 0) is 30.5 Å². The third-order valence-corrected chi connectivity index (χ3v) is 5.09. The quantitative estimate of drug-likeness (QED) is 0.573. The van der Waals surface area contributed by atoms with Crippen LogP contribution in [-0.4, -0.2) is 0 Å². The maximum absolute atomic E-state index is 5.84. The zero-order valence-electron chi connectivity index (χ0n) is 8.40. The number of benzene rings is 1. The van der Waals surface area contributed by atoms with Crippen LogP contribution < -0.4 is 0 Å². The summed E-state index contributed by atoms with van der Waals surface area (Å²) in [5, 5.41) is 2.96. The highest BCUT2D eigenvalue weighted by Gasteiger charge is 2.09. The number of hydrogen-bond donors (Lipinski definition) is 0. The zero-order chi connectivity index (χ0) is 10.7. The molecular weight excluding hydrogens is 244 g/mol. The fourth-order valence-corrected chi connectivity index (χ4v) is 3.60. The average molecular weight is 256 g/mol. The summed E-state index contributed by atoms with van der Waals surface area (Å²) in [7, 11) is 0. The van der Waals surface area contributed by atoms with E-state index in [1.807, 2.05) is 23.5 Å². The average Bonchev–Trinajstić information content (AvgIpc) is 2.63. The van der Waals surface area contributed by atoms with Crippen LogP contribution in [0.25, 0.3) is 0 Å². The Kier molecular flexibility index (Phi) is 3.73. The molecule has 0 unspecified atom stereocenters. The lowest BCUT2D eigenvalue weighted by atomic mass is 10.2. The van der Waals surface area contributed by atoms with Crippen LogP contribution in [-0.2, 0) is 17.5 Å². The molecule has 0 N–H and O–H groups in total. The molecule has 0 nitrogen and oxygen atoms in total. The summed E-state index contributed by atoms with van der Waals surface area (Å²) < 4.78 is 1.46. The van der Waals surface area contributed by atoms with Gasteiger partial charge >= 0.3 is 0 Å². The standard InChI is InChI=1S/C12H11ClS2/c1-9-6-7-14-12(9)15-8-10-2-4-11(13)5-3-10/h2-7H,8H2,1H3/p+1. The highest BCUT2D eigenvalue weighted by Crippen LogP contribution is 2.20. The molecule has 0 saturated carbocycles. The molecule has 1 aromatic carbocycles. The van der Waals surface area contributed by atoms with E-state index < -0.39 is 0 Å². The highest BCUT2D eigenvalue weighted by atomic mass is 35.5. The second-order valence-corrected chi connectivity index (χ2v) is 6.09. The molecule has 1 aromatic heterocycles. The van der Waals surface area contributed by atoms with E-state index >= 15 is 0 Å². The van der Waals surface area contributed by atoms with Crippen molar-refractivity contribution in [2.24, 2.45) is 0 Å². The van der Waals surface area contributed by atoms with Crippen molar-refractivity contribution in [3.8, 4) is 0 Å². The van der Waals surface area contributed by atoms with Crippen LogP contribution in [0.15, 0.2) is 39.9 Å². The summed E-state index contributed by atoms with van der Waals surface area (Å²) in [6.45, 7) is 2.17. The largest absolute Gasteiger partial charge is 0.209 e. The molecule has 0 aliphatic rings. The van der Waals surface area contributed by atoms with Gasteiger partial charge in [0, 0.05) is 27.9 Å². The van der Waals surface area contributed by atoms with E-state index in [1.54, 1.807) is 0 Å². The van der Waals surface area contributed by atoms with E-state index in [1.165, 1.54) is 27.1 Å². The minimum absolute atomic E-state index is 0.808. The zero-order valence-corrected chi connectivity index (χ0v) is 10.9. The molecule has 0 aliphatic heterocycles. The van der Waals surface area contributed by atoms with Gasteiger partial charge in [-0.2, -0.15) is 0 Å². The highest BCUT2D eigenvalue weighted by molar-refractivity contribution is 7.80. The Morgan fingerprint density at radius 3 is 2.53 bits per heavy atom. The van der Waals surface area contributed by atoms with Crippen molar-refractivity contribution in [1.29, 1.82) is 0 Å². The van der Waals surface area contributed by atoms with Gasteiger partial charge in [0.2, 0.25) is 4.21 Å². The molecule has 3 heteroatoms. The maximum atomic E-state index is 5.84. The predicted molar refractivity (Wildman–Crippen MR) is 71.2 cm³/mol. The molecular formula is C12H12ClS2+. The Morgan fingerprint density at radius 2 is 1.93 bits per heavy atom. The summed E-state index contributed by atoms with van der Waals surface area (Å²) >= 11 is 9.05. The summed E-state index contributed by atoms with van der Waals surface area (Å²) in [5.41, 5.74) is 2.74. The molecule has 0 spiro atoms. The maximum Gasteiger partial charge on any atom is 0.209 e. The van der Waals surface area contributed by atoms with Crippen LogP contribution in [0.1, 0.15) is 11.1 Å². The number of thiophene rings is 1. The first-order chi connectivity index (χ1) is 7.25. The molecule has 0 aliphatic carbocycles. The van der Waals surface area contributed by atoms with E-state index in [0.29, 0.717) is 0 Å². The molecule has 0 fully saturated rings. The van der Waals surface area contributed by atoms with Gasteiger partial charge in [-0.15, -0.1) is 0 Å². The normalized spacial score (nSPS) is 10.5. The minimum atomic E-state index is 0.808. The lowest BCUT2D eigenvalue weighted by Crippen LogP contribution is -1.88. The number of rotatable bonds is 3. The fraction of sp³-hybridized carbons (Fsp3) is 0.167. The number of halogens is 1. The number of aryl methyl sites for hydroxylation is 1. The summed E-state index contributed by atoms with van der Waals surface area (Å²) in [6, 6.07) is 10.3. The van der Waals surface area contributed by atoms with Crippen molar-refractivity contribution in [2.75, 3.05) is 0 Å². The van der Waals surface area contributed by atoms with Gasteiger partial charge < -0.3 is 0 Å². The Labute approximate surface area is 103 Å². The van der Waals surface area contributed by atoms with Crippen LogP contribution >= 0.6 is 22.9 Å². The Hall–Kier alpha value is -0.440. The van der Waals surface area contributed by atoms with Gasteiger partial charge in [0.1, 0.15) is 5.75 Å². The van der Waals surface area contributed by atoms with E-state index in [4.69, 9.17) is 11.6 Å². The van der Waals surface area contributed by atoms with Gasteiger partial charge in [0.05, 0.1) is 0 Å². The van der Waals surface area contributed by atoms with Gasteiger partial charge in [-0.3, -0.25) is 0 Å². The van der Waals surface area contributed by atoms with Crippen molar-refractivity contribution in [2.45, 2.75) is 16.9 Å². The Balaban J connectivity index is 1.99. The van der Waals surface area contributed by atoms with Gasteiger partial charge in [0.25, 0.3) is 0 Å². The van der Waals surface area contributed by atoms with Crippen LogP contribution in [0, 0.1) is 6.92 Å².